The van der Waals surface area contributed by atoms with Gasteiger partial charge >= 0.3 is 6.36 Å². The molecule has 1 heterocycles. The highest BCUT2D eigenvalue weighted by Gasteiger charge is 2.37. The van der Waals surface area contributed by atoms with Gasteiger partial charge in [-0.05, 0) is 55.7 Å². The molecular formula is C25H23F3N2O4S. The highest BCUT2D eigenvalue weighted by Crippen LogP contribution is 2.38. The molecule has 1 fully saturated rings. The van der Waals surface area contributed by atoms with E-state index in [1.807, 2.05) is 48.5 Å². The SMILES string of the molecule is O=S(=O)(N[C@@H]1CCCC(n2c3ccccc3c3ccccc32)[C@H]1O)c1ccc(OC(F)(F)F)cc1. The lowest BCUT2D eigenvalue weighted by atomic mass is 9.88. The normalized spacial score (nSPS) is 21.4. The highest BCUT2D eigenvalue weighted by atomic mass is 32.2. The van der Waals surface area contributed by atoms with Crippen molar-refractivity contribution in [1.29, 1.82) is 0 Å². The van der Waals surface area contributed by atoms with Crippen LogP contribution in [0.3, 0.4) is 0 Å². The summed E-state index contributed by atoms with van der Waals surface area (Å²) in [4.78, 5) is -0.210. The van der Waals surface area contributed by atoms with E-state index in [-0.39, 0.29) is 10.9 Å². The van der Waals surface area contributed by atoms with Crippen molar-refractivity contribution in [3.8, 4) is 5.75 Å². The quantitative estimate of drug-likeness (QED) is 0.395. The van der Waals surface area contributed by atoms with E-state index in [1.165, 1.54) is 0 Å². The Kier molecular flexibility index (Phi) is 5.98. The Morgan fingerprint density at radius 3 is 2.03 bits per heavy atom. The first-order valence-corrected chi connectivity index (χ1v) is 12.7. The molecule has 10 heteroatoms. The Balaban J connectivity index is 1.42. The Hall–Kier alpha value is -3.08. The maximum atomic E-state index is 13.0. The number of halogens is 3. The first-order chi connectivity index (χ1) is 16.6. The fourth-order valence-electron chi connectivity index (χ4n) is 4.96. The van der Waals surface area contributed by atoms with E-state index in [2.05, 4.69) is 14.0 Å². The van der Waals surface area contributed by atoms with E-state index in [0.29, 0.717) is 19.3 Å². The Labute approximate surface area is 200 Å². The maximum Gasteiger partial charge on any atom is 0.573 e. The molecule has 0 aliphatic heterocycles. The number of sulfonamides is 1. The number of nitrogens with one attached hydrogen (secondary N) is 1. The van der Waals surface area contributed by atoms with E-state index in [9.17, 15) is 26.7 Å². The van der Waals surface area contributed by atoms with Gasteiger partial charge in [0, 0.05) is 21.8 Å². The van der Waals surface area contributed by atoms with Crippen LogP contribution in [0.25, 0.3) is 21.8 Å². The summed E-state index contributed by atoms with van der Waals surface area (Å²) in [5.74, 6) is -0.513. The van der Waals surface area contributed by atoms with Gasteiger partial charge in [0.1, 0.15) is 5.75 Å². The zero-order valence-electron chi connectivity index (χ0n) is 18.4. The number of fused-ring (bicyclic) bond motifs is 3. The minimum Gasteiger partial charge on any atom is -0.406 e. The highest BCUT2D eigenvalue weighted by molar-refractivity contribution is 7.89. The van der Waals surface area contributed by atoms with Crippen LogP contribution in [0.4, 0.5) is 13.2 Å². The van der Waals surface area contributed by atoms with Crippen molar-refractivity contribution in [2.24, 2.45) is 0 Å². The number of aromatic nitrogens is 1. The molecule has 5 rings (SSSR count). The summed E-state index contributed by atoms with van der Waals surface area (Å²) in [6.45, 7) is 0. The molecule has 1 aliphatic carbocycles. The van der Waals surface area contributed by atoms with Gasteiger partial charge in [0.05, 0.1) is 23.1 Å². The number of hydrogen-bond acceptors (Lipinski definition) is 4. The average Bonchev–Trinajstić information content (AvgIpc) is 3.14. The molecule has 2 N–H and O–H groups in total. The number of aliphatic hydroxyl groups excluding tert-OH is 1. The molecule has 0 radical (unpaired) electrons. The number of ether oxygens (including phenoxy) is 1. The monoisotopic (exact) mass is 504 g/mol. The van der Waals surface area contributed by atoms with Crippen LogP contribution < -0.4 is 9.46 Å². The summed E-state index contributed by atoms with van der Waals surface area (Å²) in [5.41, 5.74) is 1.92. The van der Waals surface area contributed by atoms with Crippen LogP contribution in [0.1, 0.15) is 25.3 Å². The van der Waals surface area contributed by atoms with Crippen LogP contribution >= 0.6 is 0 Å². The Morgan fingerprint density at radius 2 is 1.46 bits per heavy atom. The van der Waals surface area contributed by atoms with Crippen molar-refractivity contribution in [3.05, 3.63) is 72.8 Å². The van der Waals surface area contributed by atoms with Crippen LogP contribution in [-0.2, 0) is 10.0 Å². The topological polar surface area (TPSA) is 80.6 Å². The largest absolute Gasteiger partial charge is 0.573 e. The maximum absolute atomic E-state index is 13.0. The molecule has 0 bridgehead atoms. The first-order valence-electron chi connectivity index (χ1n) is 11.2. The fourth-order valence-corrected chi connectivity index (χ4v) is 6.25. The van der Waals surface area contributed by atoms with Gasteiger partial charge in [-0.1, -0.05) is 36.4 Å². The van der Waals surface area contributed by atoms with E-state index in [1.54, 1.807) is 0 Å². The van der Waals surface area contributed by atoms with E-state index >= 15 is 0 Å². The summed E-state index contributed by atoms with van der Waals surface area (Å²) in [6, 6.07) is 18.7. The van der Waals surface area contributed by atoms with Gasteiger partial charge in [-0.3, -0.25) is 0 Å². The molecular weight excluding hydrogens is 481 g/mol. The molecule has 1 unspecified atom stereocenters. The number of aliphatic hydroxyl groups is 1. The van der Waals surface area contributed by atoms with Crippen molar-refractivity contribution >= 4 is 31.8 Å². The number of para-hydroxylation sites is 2. The minimum absolute atomic E-state index is 0.210. The molecule has 3 atom stereocenters. The summed E-state index contributed by atoms with van der Waals surface area (Å²) in [6.07, 6.45) is -4.08. The summed E-state index contributed by atoms with van der Waals surface area (Å²) in [7, 11) is -4.09. The third-order valence-corrected chi connectivity index (χ3v) is 7.95. The van der Waals surface area contributed by atoms with Crippen LogP contribution in [0, 0.1) is 0 Å². The molecule has 6 nitrogen and oxygen atoms in total. The number of nitrogens with zero attached hydrogens (tertiary/aromatic N) is 1. The average molecular weight is 505 g/mol. The predicted molar refractivity (Wildman–Crippen MR) is 126 cm³/mol. The van der Waals surface area contributed by atoms with Gasteiger partial charge < -0.3 is 14.4 Å². The Bertz CT molecular complexity index is 1410. The third kappa shape index (κ3) is 4.61. The zero-order valence-corrected chi connectivity index (χ0v) is 19.3. The fraction of sp³-hybridized carbons (Fsp3) is 0.280. The lowest BCUT2D eigenvalue weighted by molar-refractivity contribution is -0.274. The molecule has 184 valence electrons. The lowest BCUT2D eigenvalue weighted by Gasteiger charge is -2.36. The second-order valence-corrected chi connectivity index (χ2v) is 10.4. The zero-order chi connectivity index (χ0) is 24.8. The van der Waals surface area contributed by atoms with Crippen molar-refractivity contribution in [3.63, 3.8) is 0 Å². The van der Waals surface area contributed by atoms with Crippen LogP contribution in [-0.4, -0.2) is 36.6 Å². The lowest BCUT2D eigenvalue weighted by Crippen LogP contribution is -2.49. The van der Waals surface area contributed by atoms with Crippen LogP contribution in [0.2, 0.25) is 0 Å². The van der Waals surface area contributed by atoms with Crippen molar-refractivity contribution in [1.82, 2.24) is 9.29 Å². The van der Waals surface area contributed by atoms with Gasteiger partial charge in [0.2, 0.25) is 10.0 Å². The Morgan fingerprint density at radius 1 is 0.886 bits per heavy atom. The van der Waals surface area contributed by atoms with Crippen molar-refractivity contribution < 1.29 is 31.4 Å². The molecule has 4 aromatic rings. The molecule has 1 aliphatic rings. The second-order valence-electron chi connectivity index (χ2n) is 8.64. The smallest absolute Gasteiger partial charge is 0.406 e. The van der Waals surface area contributed by atoms with Crippen molar-refractivity contribution in [2.45, 2.75) is 48.7 Å². The van der Waals surface area contributed by atoms with Gasteiger partial charge in [-0.25, -0.2) is 13.1 Å². The third-order valence-electron chi connectivity index (χ3n) is 6.44. The molecule has 0 saturated heterocycles. The second kappa shape index (κ2) is 8.85. The summed E-state index contributed by atoms with van der Waals surface area (Å²) in [5, 5.41) is 13.4. The molecule has 1 saturated carbocycles. The van der Waals surface area contributed by atoms with E-state index < -0.39 is 34.3 Å². The number of hydrogen-bond donors (Lipinski definition) is 2. The minimum atomic E-state index is -4.87. The molecule has 0 spiro atoms. The number of alkyl halides is 3. The van der Waals surface area contributed by atoms with Crippen LogP contribution in [0.5, 0.6) is 5.75 Å². The first kappa shape index (κ1) is 23.7. The van der Waals surface area contributed by atoms with Gasteiger partial charge in [0.15, 0.2) is 0 Å². The summed E-state index contributed by atoms with van der Waals surface area (Å²) < 4.78 is 71.6. The van der Waals surface area contributed by atoms with E-state index in [0.717, 1.165) is 46.1 Å². The standard InChI is InChI=1S/C25H23F3N2O4S/c26-25(27,28)34-16-12-14-17(15-13-16)35(32,33)29-20-8-5-11-23(24(20)31)30-21-9-3-1-6-18(21)19-7-2-4-10-22(19)30/h1-4,6-7,9-10,12-15,20,23-24,29,31H,5,8,11H2/t20-,23?,24+/m1/s1. The molecule has 35 heavy (non-hydrogen) atoms. The summed E-state index contributed by atoms with van der Waals surface area (Å²) >= 11 is 0. The van der Waals surface area contributed by atoms with E-state index in [4.69, 9.17) is 0 Å². The van der Waals surface area contributed by atoms with Gasteiger partial charge in [-0.15, -0.1) is 13.2 Å². The van der Waals surface area contributed by atoms with Gasteiger partial charge in [-0.2, -0.15) is 0 Å². The van der Waals surface area contributed by atoms with Gasteiger partial charge in [0.25, 0.3) is 0 Å². The number of benzene rings is 3. The molecule has 0 amide bonds. The molecule has 3 aromatic carbocycles. The number of rotatable bonds is 5. The molecule has 1 aromatic heterocycles. The van der Waals surface area contributed by atoms with Crippen LogP contribution in [0.15, 0.2) is 77.7 Å². The van der Waals surface area contributed by atoms with Crippen molar-refractivity contribution in [2.75, 3.05) is 0 Å². The predicted octanol–water partition coefficient (Wildman–Crippen LogP) is 5.13.